The van der Waals surface area contributed by atoms with Crippen molar-refractivity contribution >= 4 is 6.09 Å². The SMILES string of the molecule is Cc1ccccc1C1CCc2cc(O[C@H]3CC[C@H](NC(=O)OC(C)(C)C)CC3)ccc2O1. The average molecular weight is 438 g/mol. The molecule has 2 aromatic carbocycles. The summed E-state index contributed by atoms with van der Waals surface area (Å²) in [6.07, 6.45) is 5.55. The van der Waals surface area contributed by atoms with Crippen LogP contribution in [0.5, 0.6) is 11.5 Å². The van der Waals surface area contributed by atoms with Gasteiger partial charge in [0.1, 0.15) is 23.2 Å². The van der Waals surface area contributed by atoms with E-state index in [0.717, 1.165) is 50.0 Å². The monoisotopic (exact) mass is 437 g/mol. The topological polar surface area (TPSA) is 56.8 Å². The van der Waals surface area contributed by atoms with Gasteiger partial charge in [-0.1, -0.05) is 24.3 Å². The van der Waals surface area contributed by atoms with E-state index in [4.69, 9.17) is 14.2 Å². The van der Waals surface area contributed by atoms with Crippen LogP contribution in [0.15, 0.2) is 42.5 Å². The van der Waals surface area contributed by atoms with Crippen LogP contribution in [0.25, 0.3) is 0 Å². The second-order valence-electron chi connectivity index (χ2n) is 10.0. The summed E-state index contributed by atoms with van der Waals surface area (Å²) in [6.45, 7) is 7.78. The molecule has 1 atom stereocenters. The minimum absolute atomic E-state index is 0.114. The molecule has 5 nitrogen and oxygen atoms in total. The molecule has 1 unspecified atom stereocenters. The van der Waals surface area contributed by atoms with Gasteiger partial charge in [-0.05, 0) is 101 Å². The number of alkyl carbamates (subject to hydrolysis) is 1. The predicted molar refractivity (Wildman–Crippen MR) is 125 cm³/mol. The summed E-state index contributed by atoms with van der Waals surface area (Å²) in [5, 5.41) is 2.99. The number of benzene rings is 2. The molecule has 1 N–H and O–H groups in total. The largest absolute Gasteiger partial charge is 0.490 e. The first-order chi connectivity index (χ1) is 15.3. The number of fused-ring (bicyclic) bond motifs is 1. The van der Waals surface area contributed by atoms with Crippen LogP contribution in [0.4, 0.5) is 4.79 Å². The molecule has 0 bridgehead atoms. The number of rotatable bonds is 4. The molecule has 2 aliphatic rings. The van der Waals surface area contributed by atoms with E-state index in [-0.39, 0.29) is 24.3 Å². The lowest BCUT2D eigenvalue weighted by Gasteiger charge is -2.31. The predicted octanol–water partition coefficient (Wildman–Crippen LogP) is 6.28. The summed E-state index contributed by atoms with van der Waals surface area (Å²) in [5.74, 6) is 1.87. The normalized spacial score (nSPS) is 22.9. The third-order valence-electron chi connectivity index (χ3n) is 6.21. The first-order valence-corrected chi connectivity index (χ1v) is 11.8. The van der Waals surface area contributed by atoms with Crippen LogP contribution in [-0.4, -0.2) is 23.8 Å². The number of hydrogen-bond acceptors (Lipinski definition) is 4. The molecular formula is C27H35NO4. The number of amides is 1. The molecule has 0 aromatic heterocycles. The van der Waals surface area contributed by atoms with Gasteiger partial charge in [-0.25, -0.2) is 4.79 Å². The molecule has 1 saturated carbocycles. The van der Waals surface area contributed by atoms with E-state index in [1.54, 1.807) is 0 Å². The summed E-state index contributed by atoms with van der Waals surface area (Å²) in [4.78, 5) is 12.0. The van der Waals surface area contributed by atoms with Crippen LogP contribution < -0.4 is 14.8 Å². The number of aryl methyl sites for hydroxylation is 2. The van der Waals surface area contributed by atoms with E-state index in [0.29, 0.717) is 0 Å². The van der Waals surface area contributed by atoms with Crippen LogP contribution in [0.1, 0.15) is 75.7 Å². The Kier molecular flexibility index (Phi) is 6.63. The molecule has 0 spiro atoms. The molecule has 1 aliphatic heterocycles. The highest BCUT2D eigenvalue weighted by molar-refractivity contribution is 5.68. The molecule has 172 valence electrons. The van der Waals surface area contributed by atoms with E-state index in [2.05, 4.69) is 42.6 Å². The van der Waals surface area contributed by atoms with Crippen molar-refractivity contribution in [2.75, 3.05) is 0 Å². The highest BCUT2D eigenvalue weighted by Crippen LogP contribution is 2.38. The Bertz CT molecular complexity index is 941. The van der Waals surface area contributed by atoms with Crippen molar-refractivity contribution in [3.63, 3.8) is 0 Å². The Balaban J connectivity index is 1.29. The number of hydrogen-bond donors (Lipinski definition) is 1. The Morgan fingerprint density at radius 2 is 1.78 bits per heavy atom. The van der Waals surface area contributed by atoms with Gasteiger partial charge >= 0.3 is 6.09 Å². The Hall–Kier alpha value is -2.69. The van der Waals surface area contributed by atoms with Gasteiger partial charge in [0.05, 0.1) is 6.10 Å². The number of nitrogens with one attached hydrogen (secondary N) is 1. The fourth-order valence-corrected chi connectivity index (χ4v) is 4.60. The van der Waals surface area contributed by atoms with Crippen LogP contribution in [-0.2, 0) is 11.2 Å². The van der Waals surface area contributed by atoms with Gasteiger partial charge < -0.3 is 19.5 Å². The lowest BCUT2D eigenvalue weighted by Crippen LogP contribution is -2.42. The Morgan fingerprint density at radius 1 is 1.03 bits per heavy atom. The van der Waals surface area contributed by atoms with Crippen LogP contribution in [0.2, 0.25) is 0 Å². The third kappa shape index (κ3) is 5.76. The summed E-state index contributed by atoms with van der Waals surface area (Å²) >= 11 is 0. The van der Waals surface area contributed by atoms with Crippen molar-refractivity contribution in [1.82, 2.24) is 5.32 Å². The molecule has 5 heteroatoms. The maximum absolute atomic E-state index is 12.0. The fraction of sp³-hybridized carbons (Fsp3) is 0.519. The minimum Gasteiger partial charge on any atom is -0.490 e. The van der Waals surface area contributed by atoms with Gasteiger partial charge in [-0.3, -0.25) is 0 Å². The standard InChI is InChI=1S/C27H35NO4/c1-18-7-5-6-8-23(18)25-15-9-19-17-22(14-16-24(19)31-25)30-21-12-10-20(11-13-21)28-26(29)32-27(2,3)4/h5-8,14,16-17,20-21,25H,9-13,15H2,1-4H3,(H,28,29)/t20-,21-,25?. The molecule has 0 saturated heterocycles. The molecule has 1 heterocycles. The van der Waals surface area contributed by atoms with Gasteiger partial charge in [0, 0.05) is 6.04 Å². The highest BCUT2D eigenvalue weighted by atomic mass is 16.6. The summed E-state index contributed by atoms with van der Waals surface area (Å²) in [7, 11) is 0. The van der Waals surface area contributed by atoms with E-state index in [1.165, 1.54) is 16.7 Å². The summed E-state index contributed by atoms with van der Waals surface area (Å²) in [6, 6.07) is 14.8. The Morgan fingerprint density at radius 3 is 2.50 bits per heavy atom. The van der Waals surface area contributed by atoms with Crippen molar-refractivity contribution < 1.29 is 19.0 Å². The van der Waals surface area contributed by atoms with Crippen molar-refractivity contribution in [2.24, 2.45) is 0 Å². The van der Waals surface area contributed by atoms with Gasteiger partial charge in [0.25, 0.3) is 0 Å². The maximum atomic E-state index is 12.0. The Labute approximate surface area is 191 Å². The molecule has 1 amide bonds. The van der Waals surface area contributed by atoms with Gasteiger partial charge in [0.2, 0.25) is 0 Å². The first-order valence-electron chi connectivity index (χ1n) is 11.8. The second-order valence-corrected chi connectivity index (χ2v) is 10.0. The van der Waals surface area contributed by atoms with Crippen molar-refractivity contribution in [3.05, 3.63) is 59.2 Å². The van der Waals surface area contributed by atoms with Crippen LogP contribution >= 0.6 is 0 Å². The maximum Gasteiger partial charge on any atom is 0.407 e. The van der Waals surface area contributed by atoms with Crippen molar-refractivity contribution in [3.8, 4) is 11.5 Å². The van der Waals surface area contributed by atoms with Gasteiger partial charge in [-0.2, -0.15) is 0 Å². The number of ether oxygens (including phenoxy) is 3. The number of carbonyl (C=O) groups is 1. The van der Waals surface area contributed by atoms with Crippen molar-refractivity contribution in [2.45, 2.75) is 90.1 Å². The van der Waals surface area contributed by atoms with E-state index >= 15 is 0 Å². The third-order valence-corrected chi connectivity index (χ3v) is 6.21. The van der Waals surface area contributed by atoms with Crippen molar-refractivity contribution in [1.29, 1.82) is 0 Å². The first kappa shape index (κ1) is 22.5. The smallest absolute Gasteiger partial charge is 0.407 e. The molecule has 32 heavy (non-hydrogen) atoms. The van der Waals surface area contributed by atoms with E-state index < -0.39 is 5.60 Å². The molecule has 4 rings (SSSR count). The van der Waals surface area contributed by atoms with E-state index in [1.807, 2.05) is 32.9 Å². The lowest BCUT2D eigenvalue weighted by molar-refractivity contribution is 0.0471. The summed E-state index contributed by atoms with van der Waals surface area (Å²) < 4.78 is 18.0. The molecule has 1 aliphatic carbocycles. The quantitative estimate of drug-likeness (QED) is 0.612. The fourth-order valence-electron chi connectivity index (χ4n) is 4.60. The van der Waals surface area contributed by atoms with Crippen LogP contribution in [0, 0.1) is 6.92 Å². The molecule has 2 aromatic rings. The average Bonchev–Trinajstić information content (AvgIpc) is 2.74. The summed E-state index contributed by atoms with van der Waals surface area (Å²) in [5.41, 5.74) is 3.29. The minimum atomic E-state index is -0.472. The van der Waals surface area contributed by atoms with Gasteiger partial charge in [0.15, 0.2) is 0 Å². The zero-order chi connectivity index (χ0) is 22.7. The zero-order valence-electron chi connectivity index (χ0n) is 19.6. The highest BCUT2D eigenvalue weighted by Gasteiger charge is 2.27. The molecular weight excluding hydrogens is 402 g/mol. The molecule has 0 radical (unpaired) electrons. The zero-order valence-corrected chi connectivity index (χ0v) is 19.6. The molecule has 1 fully saturated rings. The van der Waals surface area contributed by atoms with E-state index in [9.17, 15) is 4.79 Å². The lowest BCUT2D eigenvalue weighted by atomic mass is 9.93. The number of carbonyl (C=O) groups excluding carboxylic acids is 1. The second kappa shape index (κ2) is 9.43. The van der Waals surface area contributed by atoms with Crippen LogP contribution in [0.3, 0.4) is 0 Å². The van der Waals surface area contributed by atoms with Gasteiger partial charge in [-0.15, -0.1) is 0 Å².